The second kappa shape index (κ2) is 11.8. The highest BCUT2D eigenvalue weighted by atomic mass is 19.4. The molecule has 1 N–H and O–H groups in total. The van der Waals surface area contributed by atoms with E-state index < -0.39 is 60.4 Å². The van der Waals surface area contributed by atoms with Crippen molar-refractivity contribution in [1.82, 2.24) is 9.97 Å². The van der Waals surface area contributed by atoms with E-state index in [1.165, 1.54) is 18.5 Å². The minimum Gasteiger partial charge on any atom is -0.374 e. The van der Waals surface area contributed by atoms with Crippen LogP contribution in [0.2, 0.25) is 0 Å². The second-order valence-electron chi connectivity index (χ2n) is 11.7. The van der Waals surface area contributed by atoms with Crippen LogP contribution in [0.25, 0.3) is 0 Å². The minimum absolute atomic E-state index is 0.0701. The molecule has 3 aromatic rings. The Hall–Kier alpha value is -3.73. The van der Waals surface area contributed by atoms with E-state index in [0.717, 1.165) is 5.56 Å². The lowest BCUT2D eigenvalue weighted by Crippen LogP contribution is -2.44. The van der Waals surface area contributed by atoms with E-state index in [2.05, 4.69) is 15.3 Å². The monoisotopic (exact) mass is 657 g/mol. The average molecular weight is 658 g/mol. The third-order valence-electron chi connectivity index (χ3n) is 7.81. The summed E-state index contributed by atoms with van der Waals surface area (Å²) in [5.41, 5.74) is -1.77. The summed E-state index contributed by atoms with van der Waals surface area (Å²) in [4.78, 5) is 12.5. The molecule has 0 amide bonds. The molecule has 2 aromatic carbocycles. The van der Waals surface area contributed by atoms with Crippen molar-refractivity contribution in [3.63, 3.8) is 0 Å². The number of hydrogen-bond donors (Lipinski definition) is 1. The minimum atomic E-state index is -4.97. The standard InChI is InChI=1S/C30H30F7N5O4/c1-28(2)45-23-21(13-43-12-17-7-18(29(32,33)34)10-19(8-17)30(35,36)37)44-27(24(23)46-28)42-15-40-22-25(38-14-39-26(22)42)41(3)11-16-5-4-6-20(31)9-16/h4-10,14,21,23-24,27,40H,11-13,15H2,1-3H3/t21-,23-,24-,27-/m1/s1. The van der Waals surface area contributed by atoms with Gasteiger partial charge in [0.25, 0.3) is 0 Å². The lowest BCUT2D eigenvalue weighted by atomic mass is 10.1. The van der Waals surface area contributed by atoms with Crippen LogP contribution < -0.4 is 15.1 Å². The van der Waals surface area contributed by atoms with Gasteiger partial charge in [-0.1, -0.05) is 12.1 Å². The van der Waals surface area contributed by atoms with Crippen LogP contribution in [0.1, 0.15) is 36.1 Å². The maximum atomic E-state index is 13.7. The predicted octanol–water partition coefficient (Wildman–Crippen LogP) is 5.94. The first-order valence-electron chi connectivity index (χ1n) is 14.3. The van der Waals surface area contributed by atoms with E-state index in [1.54, 1.807) is 26.0 Å². The molecular formula is C30H30F7N5O4. The fraction of sp³-hybridized carbons (Fsp3) is 0.467. The normalized spacial score (nSPS) is 23.7. The summed E-state index contributed by atoms with van der Waals surface area (Å²) < 4.78 is 118. The van der Waals surface area contributed by atoms with Gasteiger partial charge in [-0.3, -0.25) is 0 Å². The van der Waals surface area contributed by atoms with E-state index >= 15 is 0 Å². The first-order valence-corrected chi connectivity index (χ1v) is 14.3. The van der Waals surface area contributed by atoms with Crippen LogP contribution in [0.3, 0.4) is 0 Å². The number of nitrogens with one attached hydrogen (secondary N) is 1. The molecule has 1 aromatic heterocycles. The van der Waals surface area contributed by atoms with Crippen molar-refractivity contribution in [3.05, 3.63) is 76.9 Å². The van der Waals surface area contributed by atoms with Crippen LogP contribution in [-0.2, 0) is 44.5 Å². The van der Waals surface area contributed by atoms with Crippen LogP contribution in [0.15, 0.2) is 48.8 Å². The molecule has 16 heteroatoms. The Balaban J connectivity index is 1.18. The molecule has 0 saturated carbocycles. The van der Waals surface area contributed by atoms with Crippen LogP contribution in [0.4, 0.5) is 48.1 Å². The zero-order valence-corrected chi connectivity index (χ0v) is 24.8. The number of halogens is 7. The third kappa shape index (κ3) is 6.56. The second-order valence-corrected chi connectivity index (χ2v) is 11.7. The molecule has 9 nitrogen and oxygen atoms in total. The largest absolute Gasteiger partial charge is 0.416 e. The van der Waals surface area contributed by atoms with Crippen LogP contribution >= 0.6 is 0 Å². The van der Waals surface area contributed by atoms with Crippen molar-refractivity contribution in [2.24, 2.45) is 0 Å². The maximum Gasteiger partial charge on any atom is 0.416 e. The number of anilines is 3. The Morgan fingerprint density at radius 3 is 2.35 bits per heavy atom. The van der Waals surface area contributed by atoms with Crippen LogP contribution in [-0.4, -0.2) is 60.6 Å². The molecule has 4 atom stereocenters. The first kappa shape index (κ1) is 32.2. The van der Waals surface area contributed by atoms with Gasteiger partial charge < -0.3 is 34.1 Å². The number of alkyl halides is 6. The SMILES string of the molecule is CN(Cc1cccc(F)c1)c1ncnc2c1NCN2[C@@H]1O[C@H](COCc2cc(C(F)(F)F)cc(C(F)(F)F)c2)[C@H]2OC(C)(C)O[C@H]21. The zero-order chi connectivity index (χ0) is 33.0. The summed E-state index contributed by atoms with van der Waals surface area (Å²) in [5.74, 6) is -0.277. The van der Waals surface area contributed by atoms with Gasteiger partial charge in [-0.05, 0) is 55.3 Å². The molecule has 46 heavy (non-hydrogen) atoms. The quantitative estimate of drug-likeness (QED) is 0.296. The summed E-state index contributed by atoms with van der Waals surface area (Å²) in [5, 5.41) is 3.28. The van der Waals surface area contributed by atoms with Gasteiger partial charge in [0.1, 0.15) is 36.1 Å². The van der Waals surface area contributed by atoms with Gasteiger partial charge in [0, 0.05) is 13.6 Å². The number of hydrogen-bond acceptors (Lipinski definition) is 9. The van der Waals surface area contributed by atoms with E-state index in [9.17, 15) is 30.7 Å². The van der Waals surface area contributed by atoms with Gasteiger partial charge in [-0.25, -0.2) is 14.4 Å². The fourth-order valence-corrected chi connectivity index (χ4v) is 5.91. The summed E-state index contributed by atoms with van der Waals surface area (Å²) in [6, 6.07) is 7.56. The number of aromatic nitrogens is 2. The molecule has 3 aliphatic heterocycles. The van der Waals surface area contributed by atoms with Gasteiger partial charge in [0.15, 0.2) is 23.7 Å². The Bertz CT molecular complexity index is 1560. The summed E-state index contributed by atoms with van der Waals surface area (Å²) in [6.07, 6.45) is -11.4. The lowest BCUT2D eigenvalue weighted by Gasteiger charge is -2.30. The molecule has 248 valence electrons. The Morgan fingerprint density at radius 1 is 0.978 bits per heavy atom. The fourth-order valence-electron chi connectivity index (χ4n) is 5.91. The summed E-state index contributed by atoms with van der Waals surface area (Å²) in [6.45, 7) is 3.34. The number of rotatable bonds is 8. The van der Waals surface area contributed by atoms with Gasteiger partial charge in [0.05, 0.1) is 31.0 Å². The van der Waals surface area contributed by atoms with Crippen LogP contribution in [0, 0.1) is 5.82 Å². The third-order valence-corrected chi connectivity index (χ3v) is 7.81. The van der Waals surface area contributed by atoms with E-state index in [-0.39, 0.29) is 30.7 Å². The van der Waals surface area contributed by atoms with Crippen molar-refractivity contribution < 1.29 is 49.7 Å². The number of fused-ring (bicyclic) bond motifs is 2. The molecule has 6 rings (SSSR count). The topological polar surface area (TPSA) is 81.2 Å². The van der Waals surface area contributed by atoms with Gasteiger partial charge in [0.2, 0.25) is 0 Å². The lowest BCUT2D eigenvalue weighted by molar-refractivity contribution is -0.192. The zero-order valence-electron chi connectivity index (χ0n) is 24.8. The van der Waals surface area contributed by atoms with Gasteiger partial charge >= 0.3 is 12.4 Å². The van der Waals surface area contributed by atoms with Crippen LogP contribution in [0.5, 0.6) is 0 Å². The molecule has 2 saturated heterocycles. The molecule has 0 unspecified atom stereocenters. The molecular weight excluding hydrogens is 627 g/mol. The first-order chi connectivity index (χ1) is 21.6. The molecule has 0 bridgehead atoms. The molecule has 0 spiro atoms. The molecule has 0 aliphatic carbocycles. The highest BCUT2D eigenvalue weighted by Gasteiger charge is 2.57. The van der Waals surface area contributed by atoms with E-state index in [0.29, 0.717) is 36.0 Å². The van der Waals surface area contributed by atoms with E-state index in [1.807, 2.05) is 16.8 Å². The Kier molecular flexibility index (Phi) is 8.27. The highest BCUT2D eigenvalue weighted by Crippen LogP contribution is 2.45. The molecule has 2 fully saturated rings. The van der Waals surface area contributed by atoms with Crippen molar-refractivity contribution in [1.29, 1.82) is 0 Å². The molecule has 0 radical (unpaired) electrons. The number of benzene rings is 2. The molecule has 4 heterocycles. The van der Waals surface area contributed by atoms with Gasteiger partial charge in [-0.15, -0.1) is 0 Å². The predicted molar refractivity (Wildman–Crippen MR) is 150 cm³/mol. The van der Waals surface area contributed by atoms with Crippen molar-refractivity contribution >= 4 is 17.3 Å². The molecule has 3 aliphatic rings. The number of nitrogens with zero attached hydrogens (tertiary/aromatic N) is 4. The van der Waals surface area contributed by atoms with Crippen molar-refractivity contribution in [3.8, 4) is 0 Å². The average Bonchev–Trinajstić information content (AvgIpc) is 3.62. The van der Waals surface area contributed by atoms with Crippen molar-refractivity contribution in [2.45, 2.75) is 69.7 Å². The van der Waals surface area contributed by atoms with Crippen molar-refractivity contribution in [2.75, 3.05) is 35.4 Å². The highest BCUT2D eigenvalue weighted by molar-refractivity contribution is 5.82. The Morgan fingerprint density at radius 2 is 1.67 bits per heavy atom. The summed E-state index contributed by atoms with van der Waals surface area (Å²) >= 11 is 0. The number of ether oxygens (including phenoxy) is 4. The summed E-state index contributed by atoms with van der Waals surface area (Å²) in [7, 11) is 1.81. The maximum absolute atomic E-state index is 13.7. The Labute approximate surface area is 259 Å². The van der Waals surface area contributed by atoms with Gasteiger partial charge in [-0.2, -0.15) is 26.3 Å². The smallest absolute Gasteiger partial charge is 0.374 e. The van der Waals surface area contributed by atoms with E-state index in [4.69, 9.17) is 18.9 Å².